The van der Waals surface area contributed by atoms with Gasteiger partial charge in [0.1, 0.15) is 0 Å². The van der Waals surface area contributed by atoms with Gasteiger partial charge in [-0.2, -0.15) is 0 Å². The van der Waals surface area contributed by atoms with Gasteiger partial charge in [-0.3, -0.25) is 9.79 Å². The highest BCUT2D eigenvalue weighted by molar-refractivity contribution is 5.80. The Morgan fingerprint density at radius 2 is 2.00 bits per heavy atom. The molecular formula is C21H33N3O4. The molecule has 0 amide bonds. The Labute approximate surface area is 168 Å². The summed E-state index contributed by atoms with van der Waals surface area (Å²) in [5.41, 5.74) is 1.09. The molecule has 0 atom stereocenters. The third-order valence-corrected chi connectivity index (χ3v) is 4.77. The maximum Gasteiger partial charge on any atom is 0.309 e. The second kappa shape index (κ2) is 11.4. The summed E-state index contributed by atoms with van der Waals surface area (Å²) in [7, 11) is 3.43. The smallest absolute Gasteiger partial charge is 0.309 e. The minimum absolute atomic E-state index is 0.00534. The molecule has 0 aromatic heterocycles. The van der Waals surface area contributed by atoms with Gasteiger partial charge in [0.2, 0.25) is 0 Å². The number of piperidine rings is 1. The van der Waals surface area contributed by atoms with Crippen LogP contribution in [0.1, 0.15) is 38.7 Å². The van der Waals surface area contributed by atoms with Crippen molar-refractivity contribution in [1.29, 1.82) is 0 Å². The van der Waals surface area contributed by atoms with Crippen LogP contribution < -0.4 is 14.8 Å². The predicted molar refractivity (Wildman–Crippen MR) is 110 cm³/mol. The van der Waals surface area contributed by atoms with E-state index in [4.69, 9.17) is 14.2 Å². The van der Waals surface area contributed by atoms with Crippen molar-refractivity contribution in [3.8, 4) is 11.5 Å². The van der Waals surface area contributed by atoms with E-state index in [1.54, 1.807) is 14.2 Å². The Bertz CT molecular complexity index is 655. The molecule has 1 fully saturated rings. The maximum absolute atomic E-state index is 11.9. The number of hydrogen-bond acceptors (Lipinski definition) is 5. The average molecular weight is 392 g/mol. The molecule has 1 N–H and O–H groups in total. The zero-order chi connectivity index (χ0) is 20.4. The summed E-state index contributed by atoms with van der Waals surface area (Å²) in [6, 6.07) is 5.96. The van der Waals surface area contributed by atoms with Gasteiger partial charge < -0.3 is 24.4 Å². The van der Waals surface area contributed by atoms with Crippen LogP contribution in [0.5, 0.6) is 11.5 Å². The molecule has 1 aromatic rings. The zero-order valence-corrected chi connectivity index (χ0v) is 17.5. The van der Waals surface area contributed by atoms with E-state index >= 15 is 0 Å². The van der Waals surface area contributed by atoms with E-state index in [0.717, 1.165) is 55.4 Å². The SMILES string of the molecule is CCCOc1ccc(CNC(=NC)N2CCC(C(=O)OCC)CC2)cc1OC. The molecule has 0 aliphatic carbocycles. The normalized spacial score (nSPS) is 15.3. The van der Waals surface area contributed by atoms with Crippen LogP contribution >= 0.6 is 0 Å². The lowest BCUT2D eigenvalue weighted by Gasteiger charge is -2.33. The second-order valence-corrected chi connectivity index (χ2v) is 6.75. The number of benzene rings is 1. The molecule has 1 aromatic carbocycles. The molecule has 1 heterocycles. The molecular weight excluding hydrogens is 358 g/mol. The molecule has 7 nitrogen and oxygen atoms in total. The van der Waals surface area contributed by atoms with E-state index in [0.29, 0.717) is 19.8 Å². The average Bonchev–Trinajstić information content (AvgIpc) is 2.73. The minimum Gasteiger partial charge on any atom is -0.493 e. The van der Waals surface area contributed by atoms with Gasteiger partial charge in [-0.05, 0) is 43.9 Å². The summed E-state index contributed by atoms with van der Waals surface area (Å²) < 4.78 is 16.3. The highest BCUT2D eigenvalue weighted by atomic mass is 16.5. The highest BCUT2D eigenvalue weighted by Crippen LogP contribution is 2.28. The van der Waals surface area contributed by atoms with Crippen LogP contribution in [-0.4, -0.2) is 57.3 Å². The first kappa shape index (κ1) is 21.9. The summed E-state index contributed by atoms with van der Waals surface area (Å²) in [6.07, 6.45) is 2.53. The fourth-order valence-electron chi connectivity index (χ4n) is 3.25. The molecule has 0 saturated carbocycles. The Morgan fingerprint density at radius 3 is 2.61 bits per heavy atom. The Hall–Kier alpha value is -2.44. The number of carbonyl (C=O) groups is 1. The lowest BCUT2D eigenvalue weighted by Crippen LogP contribution is -2.46. The first-order valence-electron chi connectivity index (χ1n) is 10.0. The lowest BCUT2D eigenvalue weighted by atomic mass is 9.97. The van der Waals surface area contributed by atoms with Crippen LogP contribution in [-0.2, 0) is 16.1 Å². The summed E-state index contributed by atoms with van der Waals surface area (Å²) in [6.45, 7) is 7.24. The van der Waals surface area contributed by atoms with E-state index in [-0.39, 0.29) is 11.9 Å². The van der Waals surface area contributed by atoms with Gasteiger partial charge in [0, 0.05) is 26.7 Å². The number of ether oxygens (including phenoxy) is 3. The van der Waals surface area contributed by atoms with E-state index in [9.17, 15) is 4.79 Å². The number of carbonyl (C=O) groups excluding carboxylic acids is 1. The van der Waals surface area contributed by atoms with Crippen LogP contribution in [0.15, 0.2) is 23.2 Å². The molecule has 0 spiro atoms. The number of methoxy groups -OCH3 is 1. The Kier molecular flexibility index (Phi) is 8.91. The molecule has 0 bridgehead atoms. The molecule has 1 aliphatic heterocycles. The van der Waals surface area contributed by atoms with Gasteiger partial charge in [-0.1, -0.05) is 13.0 Å². The second-order valence-electron chi connectivity index (χ2n) is 6.75. The number of esters is 1. The van der Waals surface area contributed by atoms with Gasteiger partial charge in [-0.15, -0.1) is 0 Å². The van der Waals surface area contributed by atoms with Crippen molar-refractivity contribution in [3.63, 3.8) is 0 Å². The number of aliphatic imine (C=N–C) groups is 1. The maximum atomic E-state index is 11.9. The predicted octanol–water partition coefficient (Wildman–Crippen LogP) is 2.83. The number of guanidine groups is 1. The zero-order valence-electron chi connectivity index (χ0n) is 17.5. The Morgan fingerprint density at radius 1 is 1.25 bits per heavy atom. The van der Waals surface area contributed by atoms with Crippen LogP contribution in [0.2, 0.25) is 0 Å². The number of nitrogens with one attached hydrogen (secondary N) is 1. The van der Waals surface area contributed by atoms with E-state index < -0.39 is 0 Å². The summed E-state index contributed by atoms with van der Waals surface area (Å²) >= 11 is 0. The summed E-state index contributed by atoms with van der Waals surface area (Å²) in [4.78, 5) is 18.5. The molecule has 1 aliphatic rings. The first-order chi connectivity index (χ1) is 13.6. The fraction of sp³-hybridized carbons (Fsp3) is 0.619. The topological polar surface area (TPSA) is 72.4 Å². The number of likely N-dealkylation sites (tertiary alicyclic amines) is 1. The van der Waals surface area contributed by atoms with Crippen LogP contribution in [0, 0.1) is 5.92 Å². The van der Waals surface area contributed by atoms with Gasteiger partial charge in [-0.25, -0.2) is 0 Å². The molecule has 0 unspecified atom stereocenters. The van der Waals surface area contributed by atoms with Gasteiger partial charge in [0.25, 0.3) is 0 Å². The van der Waals surface area contributed by atoms with Gasteiger partial charge >= 0.3 is 5.97 Å². The molecule has 28 heavy (non-hydrogen) atoms. The van der Waals surface area contributed by atoms with Crippen LogP contribution in [0.3, 0.4) is 0 Å². The van der Waals surface area contributed by atoms with Crippen molar-refractivity contribution in [2.45, 2.75) is 39.7 Å². The Balaban J connectivity index is 1.90. The van der Waals surface area contributed by atoms with Gasteiger partial charge in [0.15, 0.2) is 17.5 Å². The minimum atomic E-state index is -0.0810. The molecule has 2 rings (SSSR count). The number of nitrogens with zero attached hydrogens (tertiary/aromatic N) is 2. The highest BCUT2D eigenvalue weighted by Gasteiger charge is 2.27. The molecule has 7 heteroatoms. The third kappa shape index (κ3) is 6.04. The fourth-order valence-corrected chi connectivity index (χ4v) is 3.25. The monoisotopic (exact) mass is 391 g/mol. The third-order valence-electron chi connectivity index (χ3n) is 4.77. The van der Waals surface area contributed by atoms with Crippen molar-refractivity contribution < 1.29 is 19.0 Å². The summed E-state index contributed by atoms with van der Waals surface area (Å²) in [5.74, 6) is 2.25. The van der Waals surface area contributed by atoms with E-state index in [2.05, 4.69) is 22.1 Å². The van der Waals surface area contributed by atoms with Crippen molar-refractivity contribution in [1.82, 2.24) is 10.2 Å². The number of hydrogen-bond donors (Lipinski definition) is 1. The van der Waals surface area contributed by atoms with Crippen molar-refractivity contribution in [3.05, 3.63) is 23.8 Å². The lowest BCUT2D eigenvalue weighted by molar-refractivity contribution is -0.149. The first-order valence-corrected chi connectivity index (χ1v) is 10.0. The van der Waals surface area contributed by atoms with Crippen molar-refractivity contribution in [2.75, 3.05) is 40.5 Å². The molecule has 0 radical (unpaired) electrons. The molecule has 1 saturated heterocycles. The largest absolute Gasteiger partial charge is 0.493 e. The summed E-state index contributed by atoms with van der Waals surface area (Å²) in [5, 5.41) is 3.40. The van der Waals surface area contributed by atoms with E-state index in [1.807, 2.05) is 25.1 Å². The number of rotatable bonds is 8. The quantitative estimate of drug-likeness (QED) is 0.417. The van der Waals surface area contributed by atoms with Crippen molar-refractivity contribution in [2.24, 2.45) is 10.9 Å². The molecule has 156 valence electrons. The van der Waals surface area contributed by atoms with Gasteiger partial charge in [0.05, 0.1) is 26.2 Å². The van der Waals surface area contributed by atoms with Crippen LogP contribution in [0.25, 0.3) is 0 Å². The van der Waals surface area contributed by atoms with Crippen LogP contribution in [0.4, 0.5) is 0 Å². The van der Waals surface area contributed by atoms with E-state index in [1.165, 1.54) is 0 Å². The van der Waals surface area contributed by atoms with Crippen molar-refractivity contribution >= 4 is 11.9 Å². The standard InChI is InChI=1S/C21H33N3O4/c1-5-13-28-18-8-7-16(14-19(18)26-4)15-23-21(22-3)24-11-9-17(10-12-24)20(25)27-6-2/h7-8,14,17H,5-6,9-13,15H2,1-4H3,(H,22,23).